The predicted octanol–water partition coefficient (Wildman–Crippen LogP) is 1.33. The van der Waals surface area contributed by atoms with Crippen molar-refractivity contribution < 1.29 is 9.59 Å². The van der Waals surface area contributed by atoms with E-state index in [0.29, 0.717) is 24.5 Å². The highest BCUT2D eigenvalue weighted by Crippen LogP contribution is 2.31. The number of hydrogen-bond acceptors (Lipinski definition) is 2. The molecule has 1 saturated carbocycles. The van der Waals surface area contributed by atoms with Crippen LogP contribution < -0.4 is 0 Å². The third-order valence-electron chi connectivity index (χ3n) is 1.78. The van der Waals surface area contributed by atoms with Gasteiger partial charge in [-0.1, -0.05) is 0 Å². The normalized spacial score (nSPS) is 16.8. The second-order valence-corrected chi connectivity index (χ2v) is 2.80. The van der Waals surface area contributed by atoms with Crippen molar-refractivity contribution in [3.8, 4) is 0 Å². The maximum Gasteiger partial charge on any atom is 0.135 e. The fourth-order valence-corrected chi connectivity index (χ4v) is 0.969. The molecule has 10 heavy (non-hydrogen) atoms. The molecule has 1 fully saturated rings. The highest BCUT2D eigenvalue weighted by atomic mass is 16.1. The molecule has 0 aromatic carbocycles. The minimum atomic E-state index is 0.363. The summed E-state index contributed by atoms with van der Waals surface area (Å²) >= 11 is 0. The van der Waals surface area contributed by atoms with Crippen LogP contribution in [0.2, 0.25) is 0 Å². The van der Waals surface area contributed by atoms with E-state index in [4.69, 9.17) is 0 Å². The average Bonchev–Trinajstić information content (AvgIpc) is 2.69. The molecule has 1 aliphatic carbocycles. The quantitative estimate of drug-likeness (QED) is 0.426. The molecule has 0 amide bonds. The van der Waals surface area contributed by atoms with Gasteiger partial charge in [0.05, 0.1) is 0 Å². The molecule has 0 N–H and O–H groups in total. The van der Waals surface area contributed by atoms with Gasteiger partial charge >= 0.3 is 0 Å². The molecule has 1 aliphatic rings. The maximum absolute atomic E-state index is 11.0. The van der Waals surface area contributed by atoms with Crippen molar-refractivity contribution >= 4 is 12.1 Å². The zero-order chi connectivity index (χ0) is 7.40. The van der Waals surface area contributed by atoms with Gasteiger partial charge in [0.25, 0.3) is 0 Å². The summed E-state index contributed by atoms with van der Waals surface area (Å²) in [5.74, 6) is 0.730. The summed E-state index contributed by atoms with van der Waals surface area (Å²) in [6.45, 7) is 0. The van der Waals surface area contributed by atoms with Crippen molar-refractivity contribution in [1.82, 2.24) is 0 Å². The molecule has 0 atom stereocenters. The Morgan fingerprint density at radius 3 is 2.70 bits per heavy atom. The van der Waals surface area contributed by atoms with Crippen LogP contribution in [0.1, 0.15) is 32.1 Å². The van der Waals surface area contributed by atoms with E-state index in [1.54, 1.807) is 0 Å². The lowest BCUT2D eigenvalue weighted by Crippen LogP contribution is -1.99. The van der Waals surface area contributed by atoms with Gasteiger partial charge in [-0.25, -0.2) is 0 Å². The summed E-state index contributed by atoms with van der Waals surface area (Å²) in [4.78, 5) is 20.8. The average molecular weight is 140 g/mol. The van der Waals surface area contributed by atoms with Gasteiger partial charge < -0.3 is 4.79 Å². The molecule has 0 radical (unpaired) electrons. The molecule has 2 heteroatoms. The summed E-state index contributed by atoms with van der Waals surface area (Å²) in [5.41, 5.74) is 0. The lowest BCUT2D eigenvalue weighted by Gasteiger charge is -1.92. The molecule has 0 spiro atoms. The largest absolute Gasteiger partial charge is 0.303 e. The predicted molar refractivity (Wildman–Crippen MR) is 37.6 cm³/mol. The monoisotopic (exact) mass is 140 g/mol. The summed E-state index contributed by atoms with van der Waals surface area (Å²) in [7, 11) is 0. The first kappa shape index (κ1) is 7.45. The Balaban J connectivity index is 2.00. The van der Waals surface area contributed by atoms with Crippen molar-refractivity contribution in [2.75, 3.05) is 0 Å². The number of aldehydes is 1. The molecule has 2 nitrogen and oxygen atoms in total. The molecule has 0 unspecified atom stereocenters. The van der Waals surface area contributed by atoms with Gasteiger partial charge in [-0.15, -0.1) is 0 Å². The van der Waals surface area contributed by atoms with E-state index in [1.165, 1.54) is 0 Å². The Labute approximate surface area is 60.6 Å². The Hall–Kier alpha value is -0.660. The first-order chi connectivity index (χ1) is 4.84. The lowest BCUT2D eigenvalue weighted by atomic mass is 10.1. The number of unbranched alkanes of at least 4 members (excludes halogenated alkanes) is 1. The Morgan fingerprint density at radius 2 is 2.20 bits per heavy atom. The molecular formula is C8H12O2. The number of Topliss-reactive ketones (excluding diaryl/α,β-unsaturated/α-hetero) is 1. The molecular weight excluding hydrogens is 128 g/mol. The van der Waals surface area contributed by atoms with Crippen LogP contribution in [0.5, 0.6) is 0 Å². The standard InChI is InChI=1S/C8H12O2/c9-6-2-1-3-8(10)7-4-5-7/h6-7H,1-5H2. The van der Waals surface area contributed by atoms with Gasteiger partial charge in [-0.2, -0.15) is 0 Å². The molecule has 56 valence electrons. The van der Waals surface area contributed by atoms with Crippen LogP contribution in [-0.2, 0) is 9.59 Å². The van der Waals surface area contributed by atoms with Crippen molar-refractivity contribution in [1.29, 1.82) is 0 Å². The van der Waals surface area contributed by atoms with Crippen LogP contribution >= 0.6 is 0 Å². The van der Waals surface area contributed by atoms with E-state index in [-0.39, 0.29) is 0 Å². The van der Waals surface area contributed by atoms with E-state index in [9.17, 15) is 9.59 Å². The smallest absolute Gasteiger partial charge is 0.135 e. The molecule has 0 bridgehead atoms. The maximum atomic E-state index is 11.0. The zero-order valence-electron chi connectivity index (χ0n) is 6.01. The van der Waals surface area contributed by atoms with Crippen molar-refractivity contribution in [2.24, 2.45) is 5.92 Å². The number of carbonyl (C=O) groups is 2. The minimum absolute atomic E-state index is 0.363. The summed E-state index contributed by atoms with van der Waals surface area (Å²) in [6, 6.07) is 0. The van der Waals surface area contributed by atoms with Gasteiger partial charge in [0.1, 0.15) is 12.1 Å². The fourth-order valence-electron chi connectivity index (χ4n) is 0.969. The Bertz CT molecular complexity index is 136. The topological polar surface area (TPSA) is 34.1 Å². The van der Waals surface area contributed by atoms with E-state index >= 15 is 0 Å². The van der Waals surface area contributed by atoms with Crippen LogP contribution in [0.3, 0.4) is 0 Å². The van der Waals surface area contributed by atoms with Crippen molar-refractivity contribution in [2.45, 2.75) is 32.1 Å². The molecule has 0 heterocycles. The Kier molecular flexibility index (Phi) is 2.60. The SMILES string of the molecule is O=CCCCC(=O)C1CC1. The molecule has 0 aromatic rings. The lowest BCUT2D eigenvalue weighted by molar-refractivity contribution is -0.120. The van der Waals surface area contributed by atoms with Crippen LogP contribution in [-0.4, -0.2) is 12.1 Å². The molecule has 0 aromatic heterocycles. The highest BCUT2D eigenvalue weighted by Gasteiger charge is 2.28. The van der Waals surface area contributed by atoms with Gasteiger partial charge in [0.15, 0.2) is 0 Å². The number of rotatable bonds is 5. The van der Waals surface area contributed by atoms with E-state index < -0.39 is 0 Å². The second-order valence-electron chi connectivity index (χ2n) is 2.80. The van der Waals surface area contributed by atoms with Crippen LogP contribution in [0.4, 0.5) is 0 Å². The number of ketones is 1. The first-order valence-corrected chi connectivity index (χ1v) is 3.81. The van der Waals surface area contributed by atoms with E-state index in [1.807, 2.05) is 0 Å². The van der Waals surface area contributed by atoms with E-state index in [2.05, 4.69) is 0 Å². The van der Waals surface area contributed by atoms with Crippen LogP contribution in [0, 0.1) is 5.92 Å². The molecule has 0 aliphatic heterocycles. The van der Waals surface area contributed by atoms with Crippen LogP contribution in [0.15, 0.2) is 0 Å². The van der Waals surface area contributed by atoms with Crippen molar-refractivity contribution in [3.63, 3.8) is 0 Å². The van der Waals surface area contributed by atoms with Crippen molar-refractivity contribution in [3.05, 3.63) is 0 Å². The summed E-state index contributed by atoms with van der Waals surface area (Å²) < 4.78 is 0. The summed E-state index contributed by atoms with van der Waals surface area (Å²) in [6.07, 6.45) is 4.95. The van der Waals surface area contributed by atoms with Gasteiger partial charge in [-0.3, -0.25) is 4.79 Å². The highest BCUT2D eigenvalue weighted by molar-refractivity contribution is 5.83. The summed E-state index contributed by atoms with van der Waals surface area (Å²) in [5, 5.41) is 0. The minimum Gasteiger partial charge on any atom is -0.303 e. The number of carbonyl (C=O) groups excluding carboxylic acids is 2. The third kappa shape index (κ3) is 2.29. The van der Waals surface area contributed by atoms with Gasteiger partial charge in [0, 0.05) is 18.8 Å². The zero-order valence-corrected chi connectivity index (χ0v) is 6.01. The first-order valence-electron chi connectivity index (χ1n) is 3.81. The molecule has 1 rings (SSSR count). The third-order valence-corrected chi connectivity index (χ3v) is 1.78. The Morgan fingerprint density at radius 1 is 1.50 bits per heavy atom. The fraction of sp³-hybridized carbons (Fsp3) is 0.750. The van der Waals surface area contributed by atoms with Gasteiger partial charge in [-0.05, 0) is 19.3 Å². The molecule has 0 saturated heterocycles. The van der Waals surface area contributed by atoms with E-state index in [0.717, 1.165) is 25.5 Å². The van der Waals surface area contributed by atoms with Crippen LogP contribution in [0.25, 0.3) is 0 Å². The number of hydrogen-bond donors (Lipinski definition) is 0. The van der Waals surface area contributed by atoms with Gasteiger partial charge in [0.2, 0.25) is 0 Å². The second kappa shape index (κ2) is 3.49.